The Labute approximate surface area is 134 Å². The molecule has 0 fully saturated rings. The number of amides is 1. The van der Waals surface area contributed by atoms with Crippen LogP contribution in [-0.4, -0.2) is 31.8 Å². The summed E-state index contributed by atoms with van der Waals surface area (Å²) < 4.78 is 2.00. The average Bonchev–Trinajstić information content (AvgIpc) is 2.49. The van der Waals surface area contributed by atoms with E-state index in [4.69, 9.17) is 0 Å². The maximum absolute atomic E-state index is 12.4. The van der Waals surface area contributed by atoms with Crippen molar-refractivity contribution in [2.75, 3.05) is 0 Å². The van der Waals surface area contributed by atoms with Crippen molar-refractivity contribution >= 4 is 5.91 Å². The van der Waals surface area contributed by atoms with E-state index in [0.29, 0.717) is 0 Å². The van der Waals surface area contributed by atoms with Gasteiger partial charge in [0.1, 0.15) is 5.69 Å². The quantitative estimate of drug-likeness (QED) is 0.696. The van der Waals surface area contributed by atoms with Crippen LogP contribution in [0.3, 0.4) is 0 Å². The van der Waals surface area contributed by atoms with Gasteiger partial charge >= 0.3 is 5.69 Å². The minimum absolute atomic E-state index is 0.0653. The molecular formula is C16H23N3O4. The number of nitrogens with one attached hydrogen (secondary N) is 1. The van der Waals surface area contributed by atoms with Crippen molar-refractivity contribution < 1.29 is 9.90 Å². The predicted molar refractivity (Wildman–Crippen MR) is 88.4 cm³/mol. The van der Waals surface area contributed by atoms with E-state index >= 15 is 0 Å². The van der Waals surface area contributed by atoms with Gasteiger partial charge in [-0.05, 0) is 19.8 Å². The van der Waals surface area contributed by atoms with Crippen LogP contribution in [0.1, 0.15) is 30.3 Å². The molecule has 0 bridgehead atoms. The number of carbonyl (C=O) groups excluding carboxylic acids is 1. The molecule has 7 heteroatoms. The molecule has 0 spiro atoms. The van der Waals surface area contributed by atoms with Crippen LogP contribution in [0.2, 0.25) is 0 Å². The molecule has 1 aromatic rings. The van der Waals surface area contributed by atoms with Crippen molar-refractivity contribution in [2.24, 2.45) is 14.1 Å². The maximum atomic E-state index is 12.4. The van der Waals surface area contributed by atoms with Crippen LogP contribution < -0.4 is 16.6 Å². The van der Waals surface area contributed by atoms with Crippen LogP contribution in [0.25, 0.3) is 0 Å². The number of carbonyl (C=O) groups is 1. The Bertz CT molecular complexity index is 720. The van der Waals surface area contributed by atoms with Gasteiger partial charge in [0.15, 0.2) is 0 Å². The predicted octanol–water partition coefficient (Wildman–Crippen LogP) is 0.0856. The maximum Gasteiger partial charge on any atom is 0.331 e. The summed E-state index contributed by atoms with van der Waals surface area (Å²) in [6.07, 6.45) is 3.63. The Hall–Kier alpha value is -2.41. The molecule has 23 heavy (non-hydrogen) atoms. The monoisotopic (exact) mass is 321 g/mol. The second kappa shape index (κ2) is 7.23. The van der Waals surface area contributed by atoms with Crippen LogP contribution in [0.4, 0.5) is 0 Å². The summed E-state index contributed by atoms with van der Waals surface area (Å²) in [5.74, 6) is -0.610. The van der Waals surface area contributed by atoms with Gasteiger partial charge in [0.2, 0.25) is 0 Å². The van der Waals surface area contributed by atoms with Gasteiger partial charge in [-0.1, -0.05) is 12.2 Å². The zero-order valence-corrected chi connectivity index (χ0v) is 13.7. The first-order chi connectivity index (χ1) is 10.7. The lowest BCUT2D eigenvalue weighted by atomic mass is 9.88. The van der Waals surface area contributed by atoms with Crippen molar-refractivity contribution in [3.8, 4) is 0 Å². The normalized spacial score (nSPS) is 12.5. The van der Waals surface area contributed by atoms with E-state index in [2.05, 4.69) is 18.5 Å². The lowest BCUT2D eigenvalue weighted by Gasteiger charge is -2.33. The van der Waals surface area contributed by atoms with Crippen molar-refractivity contribution in [2.45, 2.75) is 31.4 Å². The van der Waals surface area contributed by atoms with Crippen molar-refractivity contribution in [1.82, 2.24) is 14.5 Å². The fourth-order valence-corrected chi connectivity index (χ4v) is 2.29. The first-order valence-electron chi connectivity index (χ1n) is 7.20. The number of aromatic nitrogens is 2. The highest BCUT2D eigenvalue weighted by atomic mass is 16.3. The molecule has 0 unspecified atom stereocenters. The van der Waals surface area contributed by atoms with Gasteiger partial charge in [-0.15, -0.1) is 13.2 Å². The summed E-state index contributed by atoms with van der Waals surface area (Å²) in [6, 6.07) is 0.453. The number of aliphatic hydroxyl groups is 1. The smallest absolute Gasteiger partial charge is 0.331 e. The fraction of sp³-hybridized carbons (Fsp3) is 0.438. The SMILES string of the molecule is C=CCC(O)(CC=C)[C@@H](C)NC(=O)c1cc(=O)n(C)c(=O)n1C. The molecule has 0 aliphatic heterocycles. The highest BCUT2D eigenvalue weighted by Crippen LogP contribution is 2.21. The number of hydrogen-bond acceptors (Lipinski definition) is 4. The molecule has 2 N–H and O–H groups in total. The highest BCUT2D eigenvalue weighted by molar-refractivity contribution is 5.92. The standard InChI is InChI=1S/C16H23N3O4/c1-6-8-16(23,9-7-2)11(3)17-14(21)12-10-13(20)19(5)15(22)18(12)4/h6-7,10-11,23H,1-2,8-9H2,3-5H3,(H,17,21)/t11-/m1/s1. The molecule has 126 valence electrons. The average molecular weight is 321 g/mol. The number of hydrogen-bond donors (Lipinski definition) is 2. The first kappa shape index (κ1) is 18.6. The van der Waals surface area contributed by atoms with E-state index in [1.807, 2.05) is 0 Å². The Morgan fingerprint density at radius 2 is 1.83 bits per heavy atom. The Kier molecular flexibility index (Phi) is 5.86. The van der Waals surface area contributed by atoms with E-state index in [1.165, 1.54) is 14.1 Å². The molecule has 0 aliphatic carbocycles. The molecule has 0 aromatic carbocycles. The van der Waals surface area contributed by atoms with Crippen LogP contribution >= 0.6 is 0 Å². The van der Waals surface area contributed by atoms with Gasteiger partial charge in [-0.2, -0.15) is 0 Å². The molecule has 1 heterocycles. The largest absolute Gasteiger partial charge is 0.387 e. The summed E-state index contributed by atoms with van der Waals surface area (Å²) in [6.45, 7) is 8.84. The van der Waals surface area contributed by atoms with Crippen molar-refractivity contribution in [3.63, 3.8) is 0 Å². The van der Waals surface area contributed by atoms with Gasteiger partial charge in [-0.25, -0.2) is 4.79 Å². The van der Waals surface area contributed by atoms with Gasteiger partial charge in [0.25, 0.3) is 11.5 Å². The summed E-state index contributed by atoms with van der Waals surface area (Å²) in [5, 5.41) is 13.2. The highest BCUT2D eigenvalue weighted by Gasteiger charge is 2.33. The fourth-order valence-electron chi connectivity index (χ4n) is 2.29. The second-order valence-corrected chi connectivity index (χ2v) is 5.55. The Morgan fingerprint density at radius 3 is 2.30 bits per heavy atom. The van der Waals surface area contributed by atoms with Gasteiger partial charge in [0, 0.05) is 20.2 Å². The first-order valence-corrected chi connectivity index (χ1v) is 7.20. The number of nitrogens with zero attached hydrogens (tertiary/aromatic N) is 2. The molecule has 1 atom stereocenters. The number of rotatable bonds is 7. The van der Waals surface area contributed by atoms with E-state index < -0.39 is 28.8 Å². The zero-order valence-electron chi connectivity index (χ0n) is 13.7. The molecule has 0 saturated carbocycles. The van der Waals surface area contributed by atoms with Gasteiger partial charge < -0.3 is 10.4 Å². The minimum atomic E-state index is -1.24. The van der Waals surface area contributed by atoms with E-state index in [9.17, 15) is 19.5 Å². The lowest BCUT2D eigenvalue weighted by molar-refractivity contribution is 0.0126. The third-order valence-electron chi connectivity index (χ3n) is 3.91. The van der Waals surface area contributed by atoms with E-state index in [1.54, 1.807) is 19.1 Å². The van der Waals surface area contributed by atoms with Gasteiger partial charge in [-0.3, -0.25) is 18.7 Å². The molecule has 1 rings (SSSR count). The lowest BCUT2D eigenvalue weighted by Crippen LogP contribution is -2.51. The molecule has 0 aliphatic rings. The van der Waals surface area contributed by atoms with Crippen LogP contribution in [0.15, 0.2) is 41.0 Å². The molecule has 1 amide bonds. The van der Waals surface area contributed by atoms with E-state index in [0.717, 1.165) is 15.2 Å². The Morgan fingerprint density at radius 1 is 1.30 bits per heavy atom. The zero-order chi connectivity index (χ0) is 17.8. The summed E-state index contributed by atoms with van der Waals surface area (Å²) in [4.78, 5) is 35.9. The minimum Gasteiger partial charge on any atom is -0.387 e. The second-order valence-electron chi connectivity index (χ2n) is 5.55. The van der Waals surface area contributed by atoms with Crippen LogP contribution in [0.5, 0.6) is 0 Å². The van der Waals surface area contributed by atoms with Crippen molar-refractivity contribution in [1.29, 1.82) is 0 Å². The van der Waals surface area contributed by atoms with Crippen molar-refractivity contribution in [3.05, 3.63) is 57.9 Å². The van der Waals surface area contributed by atoms with Crippen LogP contribution in [-0.2, 0) is 14.1 Å². The van der Waals surface area contributed by atoms with Crippen LogP contribution in [0, 0.1) is 0 Å². The molecule has 0 radical (unpaired) electrons. The molecular weight excluding hydrogens is 298 g/mol. The molecule has 1 aromatic heterocycles. The van der Waals surface area contributed by atoms with Gasteiger partial charge in [0.05, 0.1) is 11.6 Å². The third kappa shape index (κ3) is 3.87. The summed E-state index contributed by atoms with van der Waals surface area (Å²) in [7, 11) is 2.74. The topological polar surface area (TPSA) is 93.3 Å². The summed E-state index contributed by atoms with van der Waals surface area (Å²) in [5.41, 5.74) is -2.47. The summed E-state index contributed by atoms with van der Waals surface area (Å²) >= 11 is 0. The third-order valence-corrected chi connectivity index (χ3v) is 3.91. The van der Waals surface area contributed by atoms with E-state index in [-0.39, 0.29) is 18.5 Å². The molecule has 0 saturated heterocycles. The molecule has 7 nitrogen and oxygen atoms in total. The Balaban J connectivity index is 3.13.